The quantitative estimate of drug-likeness (QED) is 0.746. The van der Waals surface area contributed by atoms with Crippen LogP contribution >= 0.6 is 0 Å². The van der Waals surface area contributed by atoms with Crippen LogP contribution in [0.3, 0.4) is 0 Å². The molecule has 0 atom stereocenters. The maximum Gasteiger partial charge on any atom is 0.279 e. The van der Waals surface area contributed by atoms with Crippen molar-refractivity contribution in [1.29, 1.82) is 0 Å². The van der Waals surface area contributed by atoms with Crippen LogP contribution in [0.2, 0.25) is 0 Å². The van der Waals surface area contributed by atoms with Gasteiger partial charge in [0.2, 0.25) is 0 Å². The van der Waals surface area contributed by atoms with Crippen molar-refractivity contribution in [2.75, 3.05) is 42.4 Å². The number of aromatic nitrogens is 2. The van der Waals surface area contributed by atoms with Crippen LogP contribution in [-0.2, 0) is 6.54 Å². The van der Waals surface area contributed by atoms with Crippen LogP contribution in [0.4, 0.5) is 17.2 Å². The molecule has 3 heterocycles. The normalized spacial score (nSPS) is 16.7. The van der Waals surface area contributed by atoms with Crippen molar-refractivity contribution in [3.63, 3.8) is 0 Å². The first-order valence-electron chi connectivity index (χ1n) is 9.41. The fraction of sp³-hybridized carbons (Fsp3) is 0.421. The van der Waals surface area contributed by atoms with Crippen LogP contribution in [0.15, 0.2) is 30.7 Å². The molecule has 0 radical (unpaired) electrons. The van der Waals surface area contributed by atoms with E-state index in [0.717, 1.165) is 30.9 Å². The molecule has 0 spiro atoms. The van der Waals surface area contributed by atoms with Gasteiger partial charge in [-0.05, 0) is 50.1 Å². The summed E-state index contributed by atoms with van der Waals surface area (Å²) in [6, 6.07) is 6.40. The molecule has 2 aliphatic rings. The van der Waals surface area contributed by atoms with E-state index in [-0.39, 0.29) is 5.91 Å². The van der Waals surface area contributed by atoms with E-state index in [1.54, 1.807) is 11.2 Å². The van der Waals surface area contributed by atoms with Crippen molar-refractivity contribution >= 4 is 23.1 Å². The number of nitrogens with one attached hydrogen (secondary N) is 3. The fourth-order valence-electron chi connectivity index (χ4n) is 3.61. The summed E-state index contributed by atoms with van der Waals surface area (Å²) < 4.78 is 0. The number of rotatable bonds is 5. The topological polar surface area (TPSA) is 85.4 Å². The van der Waals surface area contributed by atoms with Crippen LogP contribution < -0.4 is 21.0 Å². The number of carbonyl (C=O) groups is 1. The van der Waals surface area contributed by atoms with Crippen molar-refractivity contribution in [1.82, 2.24) is 20.3 Å². The monoisotopic (exact) mass is 367 g/mol. The number of hydrogen-bond acceptors (Lipinski definition) is 7. The average Bonchev–Trinajstić information content (AvgIpc) is 2.72. The van der Waals surface area contributed by atoms with Gasteiger partial charge in [-0.1, -0.05) is 0 Å². The molecule has 4 rings (SSSR count). The zero-order valence-electron chi connectivity index (χ0n) is 15.5. The van der Waals surface area contributed by atoms with E-state index >= 15 is 0 Å². The number of amides is 1. The van der Waals surface area contributed by atoms with E-state index in [1.807, 2.05) is 7.05 Å². The van der Waals surface area contributed by atoms with Crippen molar-refractivity contribution < 1.29 is 4.79 Å². The molecule has 0 bridgehead atoms. The number of benzene rings is 1. The first kappa shape index (κ1) is 17.5. The predicted molar refractivity (Wildman–Crippen MR) is 106 cm³/mol. The molecule has 2 aromatic rings. The third kappa shape index (κ3) is 3.66. The van der Waals surface area contributed by atoms with Crippen LogP contribution in [0.5, 0.6) is 0 Å². The highest BCUT2D eigenvalue weighted by Gasteiger charge is 2.26. The summed E-state index contributed by atoms with van der Waals surface area (Å²) in [6.45, 7) is 3.28. The SMILES string of the molecule is CNCc1cc(N2CCCCC2)ccc1NN1CNc2ncncc2C1=O. The number of hydrazine groups is 1. The lowest BCUT2D eigenvalue weighted by atomic mass is 10.1. The molecule has 2 aliphatic heterocycles. The molecule has 27 heavy (non-hydrogen) atoms. The van der Waals surface area contributed by atoms with Gasteiger partial charge in [-0.15, -0.1) is 0 Å². The van der Waals surface area contributed by atoms with Gasteiger partial charge in [0.05, 0.1) is 5.69 Å². The standard InChI is InChI=1S/C19H25N7O/c1-20-10-14-9-15(25-7-3-2-4-8-25)5-6-17(14)24-26-13-23-18-16(19(26)27)11-21-12-22-18/h5-6,9,11-12,20,24H,2-4,7-8,10,13H2,1H3,(H,21,22,23). The Balaban J connectivity index is 1.55. The molecular weight excluding hydrogens is 342 g/mol. The van der Waals surface area contributed by atoms with Crippen molar-refractivity contribution in [3.05, 3.63) is 41.9 Å². The minimum absolute atomic E-state index is 0.139. The van der Waals surface area contributed by atoms with Crippen LogP contribution in [0.25, 0.3) is 0 Å². The maximum absolute atomic E-state index is 12.7. The Labute approximate surface area is 159 Å². The average molecular weight is 367 g/mol. The summed E-state index contributed by atoms with van der Waals surface area (Å²) in [5.41, 5.74) is 7.02. The number of piperidine rings is 1. The van der Waals surface area contributed by atoms with Crippen LogP contribution in [0.1, 0.15) is 35.2 Å². The molecule has 1 saturated heterocycles. The molecular formula is C19H25N7O. The highest BCUT2D eigenvalue weighted by molar-refractivity contribution is 6.00. The van der Waals surface area contributed by atoms with Gasteiger partial charge in [-0.25, -0.2) is 15.0 Å². The highest BCUT2D eigenvalue weighted by Crippen LogP contribution is 2.27. The Hall–Kier alpha value is -2.87. The summed E-state index contributed by atoms with van der Waals surface area (Å²) in [5, 5.41) is 7.92. The maximum atomic E-state index is 12.7. The zero-order valence-corrected chi connectivity index (χ0v) is 15.5. The minimum atomic E-state index is -0.139. The van der Waals surface area contributed by atoms with E-state index in [9.17, 15) is 4.79 Å². The van der Waals surface area contributed by atoms with Gasteiger partial charge in [-0.2, -0.15) is 0 Å². The van der Waals surface area contributed by atoms with E-state index in [1.165, 1.54) is 31.3 Å². The molecule has 3 N–H and O–H groups in total. The second-order valence-electron chi connectivity index (χ2n) is 6.88. The zero-order chi connectivity index (χ0) is 18.6. The van der Waals surface area contributed by atoms with Crippen LogP contribution in [0, 0.1) is 0 Å². The Morgan fingerprint density at radius 3 is 2.89 bits per heavy atom. The highest BCUT2D eigenvalue weighted by atomic mass is 16.2. The molecule has 1 aromatic carbocycles. The molecule has 142 valence electrons. The van der Waals surface area contributed by atoms with E-state index in [2.05, 4.69) is 49.1 Å². The summed E-state index contributed by atoms with van der Waals surface area (Å²) in [6.07, 6.45) is 6.79. The lowest BCUT2D eigenvalue weighted by Gasteiger charge is -2.32. The molecule has 1 fully saturated rings. The van der Waals surface area contributed by atoms with E-state index in [4.69, 9.17) is 0 Å². The van der Waals surface area contributed by atoms with Gasteiger partial charge in [0.1, 0.15) is 24.4 Å². The minimum Gasteiger partial charge on any atom is -0.372 e. The Morgan fingerprint density at radius 2 is 2.07 bits per heavy atom. The predicted octanol–water partition coefficient (Wildman–Crippen LogP) is 2.04. The number of carbonyl (C=O) groups excluding carboxylic acids is 1. The first-order valence-corrected chi connectivity index (χ1v) is 9.41. The summed E-state index contributed by atoms with van der Waals surface area (Å²) in [5.74, 6) is 0.434. The third-order valence-electron chi connectivity index (χ3n) is 5.03. The lowest BCUT2D eigenvalue weighted by molar-refractivity contribution is 0.0793. The van der Waals surface area contributed by atoms with Gasteiger partial charge in [0.25, 0.3) is 5.91 Å². The second-order valence-corrected chi connectivity index (χ2v) is 6.88. The molecule has 8 heteroatoms. The summed E-state index contributed by atoms with van der Waals surface area (Å²) in [4.78, 5) is 23.2. The van der Waals surface area contributed by atoms with Gasteiger partial charge in [-0.3, -0.25) is 10.2 Å². The van der Waals surface area contributed by atoms with Gasteiger partial charge >= 0.3 is 0 Å². The van der Waals surface area contributed by atoms with Crippen molar-refractivity contribution in [2.45, 2.75) is 25.8 Å². The third-order valence-corrected chi connectivity index (χ3v) is 5.03. The molecule has 1 aromatic heterocycles. The largest absolute Gasteiger partial charge is 0.372 e. The fourth-order valence-corrected chi connectivity index (χ4v) is 3.61. The summed E-state index contributed by atoms with van der Waals surface area (Å²) >= 11 is 0. The Morgan fingerprint density at radius 1 is 1.22 bits per heavy atom. The molecule has 1 amide bonds. The van der Waals surface area contributed by atoms with Crippen molar-refractivity contribution in [2.24, 2.45) is 0 Å². The number of nitrogens with zero attached hydrogens (tertiary/aromatic N) is 4. The number of hydrogen-bond donors (Lipinski definition) is 3. The van der Waals surface area contributed by atoms with Gasteiger partial charge < -0.3 is 15.5 Å². The lowest BCUT2D eigenvalue weighted by Crippen LogP contribution is -2.44. The van der Waals surface area contributed by atoms with E-state index in [0.29, 0.717) is 18.1 Å². The van der Waals surface area contributed by atoms with Gasteiger partial charge in [0, 0.05) is 31.5 Å². The molecule has 0 aliphatic carbocycles. The number of anilines is 3. The molecule has 0 unspecified atom stereocenters. The number of fused-ring (bicyclic) bond motifs is 1. The Kier molecular flexibility index (Phi) is 5.06. The molecule has 0 saturated carbocycles. The molecule has 8 nitrogen and oxygen atoms in total. The Bertz CT molecular complexity index is 819. The van der Waals surface area contributed by atoms with Crippen molar-refractivity contribution in [3.8, 4) is 0 Å². The second kappa shape index (κ2) is 7.79. The van der Waals surface area contributed by atoms with Gasteiger partial charge in [0.15, 0.2) is 0 Å². The van der Waals surface area contributed by atoms with Crippen LogP contribution in [-0.4, -0.2) is 47.7 Å². The summed E-state index contributed by atoms with van der Waals surface area (Å²) in [7, 11) is 1.93. The smallest absolute Gasteiger partial charge is 0.279 e. The van der Waals surface area contributed by atoms with E-state index < -0.39 is 0 Å². The first-order chi connectivity index (χ1) is 13.3.